The number of benzene rings is 1. The van der Waals surface area contributed by atoms with Gasteiger partial charge in [0.1, 0.15) is 11.7 Å². The molecule has 1 aromatic rings. The Morgan fingerprint density at radius 1 is 1.50 bits per heavy atom. The lowest BCUT2D eigenvalue weighted by molar-refractivity contribution is 0.202. The average Bonchev–Trinajstić information content (AvgIpc) is 2.34. The lowest BCUT2D eigenvalue weighted by Crippen LogP contribution is -2.31. The van der Waals surface area contributed by atoms with Gasteiger partial charge in [-0.05, 0) is 18.2 Å². The molecular weight excluding hydrogens is 237 g/mol. The molecule has 0 aliphatic heterocycles. The molecule has 0 aliphatic rings. The van der Waals surface area contributed by atoms with Crippen molar-refractivity contribution < 1.29 is 14.2 Å². The van der Waals surface area contributed by atoms with E-state index in [1.54, 1.807) is 24.1 Å². The molecule has 0 unspecified atom stereocenters. The van der Waals surface area contributed by atoms with Gasteiger partial charge in [0.05, 0.1) is 18.9 Å². The molecule has 18 heavy (non-hydrogen) atoms. The van der Waals surface area contributed by atoms with Gasteiger partial charge in [0.15, 0.2) is 0 Å². The van der Waals surface area contributed by atoms with Gasteiger partial charge in [-0.2, -0.15) is 0 Å². The molecule has 0 radical (unpaired) electrons. The molecule has 0 bridgehead atoms. The van der Waals surface area contributed by atoms with Crippen LogP contribution in [0.3, 0.4) is 0 Å². The highest BCUT2D eigenvalue weighted by Crippen LogP contribution is 2.20. The molecule has 0 aliphatic carbocycles. The Morgan fingerprint density at radius 2 is 2.22 bits per heavy atom. The van der Waals surface area contributed by atoms with E-state index in [1.807, 2.05) is 0 Å². The molecule has 0 saturated carbocycles. The molecule has 0 heterocycles. The summed E-state index contributed by atoms with van der Waals surface area (Å²) in [4.78, 5) is 1.68. The molecule has 0 fully saturated rings. The Hall–Kier alpha value is -1.66. The van der Waals surface area contributed by atoms with Gasteiger partial charge in [0.25, 0.3) is 0 Å². The fraction of sp³-hybridized carbons (Fsp3) is 0.417. The normalized spacial score (nSPS) is 10.4. The molecule has 0 spiro atoms. The number of nitrogens with zero attached hydrogens (tertiary/aromatic N) is 1. The zero-order valence-electron chi connectivity index (χ0n) is 10.3. The Kier molecular flexibility index (Phi) is 5.54. The molecule has 0 amide bonds. The van der Waals surface area contributed by atoms with Gasteiger partial charge in [-0.1, -0.05) is 0 Å². The number of hydrogen-bond acceptors (Lipinski definition) is 4. The van der Waals surface area contributed by atoms with Crippen LogP contribution < -0.4 is 10.6 Å². The second-order valence-corrected chi connectivity index (χ2v) is 3.78. The zero-order chi connectivity index (χ0) is 13.5. The van der Waals surface area contributed by atoms with Gasteiger partial charge in [-0.25, -0.2) is 4.39 Å². The van der Waals surface area contributed by atoms with Gasteiger partial charge in [0.2, 0.25) is 0 Å². The smallest absolute Gasteiger partial charge is 0.147 e. The number of aliphatic hydroxyl groups excluding tert-OH is 1. The summed E-state index contributed by atoms with van der Waals surface area (Å²) in [5.74, 6) is -0.640. The van der Waals surface area contributed by atoms with Crippen molar-refractivity contribution in [2.45, 2.75) is 0 Å². The van der Waals surface area contributed by atoms with Crippen LogP contribution in [-0.4, -0.2) is 44.4 Å². The van der Waals surface area contributed by atoms with Gasteiger partial charge < -0.3 is 20.5 Å². The van der Waals surface area contributed by atoms with E-state index in [-0.39, 0.29) is 12.4 Å². The number of nitrogens with one attached hydrogen (secondary N) is 1. The lowest BCUT2D eigenvalue weighted by atomic mass is 10.1. The summed E-state index contributed by atoms with van der Waals surface area (Å²) < 4.78 is 18.8. The maximum absolute atomic E-state index is 13.9. The molecule has 6 heteroatoms. The van der Waals surface area contributed by atoms with Crippen molar-refractivity contribution in [1.82, 2.24) is 0 Å². The maximum Gasteiger partial charge on any atom is 0.147 e. The van der Waals surface area contributed by atoms with Crippen LogP contribution in [0.15, 0.2) is 18.2 Å². The summed E-state index contributed by atoms with van der Waals surface area (Å²) in [6, 6.07) is 4.35. The lowest BCUT2D eigenvalue weighted by Gasteiger charge is -2.24. The van der Waals surface area contributed by atoms with E-state index in [4.69, 9.17) is 21.0 Å². The third-order valence-corrected chi connectivity index (χ3v) is 2.53. The Morgan fingerprint density at radius 3 is 2.72 bits per heavy atom. The van der Waals surface area contributed by atoms with Crippen LogP contribution in [0, 0.1) is 11.2 Å². The molecule has 100 valence electrons. The number of halogens is 1. The van der Waals surface area contributed by atoms with Gasteiger partial charge in [0, 0.05) is 25.8 Å². The summed E-state index contributed by atoms with van der Waals surface area (Å²) in [6.45, 7) is 1.17. The molecule has 0 saturated heterocycles. The molecule has 5 nitrogen and oxygen atoms in total. The minimum atomic E-state index is -0.466. The number of nitrogen functional groups attached to an aromatic ring is 1. The van der Waals surface area contributed by atoms with Crippen molar-refractivity contribution in [1.29, 1.82) is 5.41 Å². The van der Waals surface area contributed by atoms with Gasteiger partial charge in [-0.15, -0.1) is 0 Å². The zero-order valence-corrected chi connectivity index (χ0v) is 10.3. The van der Waals surface area contributed by atoms with Crippen molar-refractivity contribution in [2.75, 3.05) is 38.3 Å². The van der Waals surface area contributed by atoms with Crippen LogP contribution in [0.2, 0.25) is 0 Å². The van der Waals surface area contributed by atoms with E-state index in [9.17, 15) is 4.39 Å². The average molecular weight is 255 g/mol. The van der Waals surface area contributed by atoms with Crippen molar-refractivity contribution >= 4 is 11.5 Å². The first-order chi connectivity index (χ1) is 8.60. The van der Waals surface area contributed by atoms with E-state index < -0.39 is 5.82 Å². The molecule has 1 aromatic carbocycles. The van der Waals surface area contributed by atoms with E-state index in [1.165, 1.54) is 6.07 Å². The van der Waals surface area contributed by atoms with Crippen LogP contribution in [0.25, 0.3) is 0 Å². The number of rotatable bonds is 7. The fourth-order valence-electron chi connectivity index (χ4n) is 1.61. The van der Waals surface area contributed by atoms with E-state index >= 15 is 0 Å². The summed E-state index contributed by atoms with van der Waals surface area (Å²) in [5.41, 5.74) is 6.00. The number of aliphatic hydroxyl groups is 1. The molecule has 4 N–H and O–H groups in total. The first-order valence-electron chi connectivity index (χ1n) is 5.58. The highest BCUT2D eigenvalue weighted by atomic mass is 19.1. The predicted octanol–water partition coefficient (Wildman–Crippen LogP) is 0.555. The number of ether oxygens (including phenoxy) is 1. The van der Waals surface area contributed by atoms with Gasteiger partial charge in [-0.3, -0.25) is 5.41 Å². The van der Waals surface area contributed by atoms with Crippen molar-refractivity contribution in [3.63, 3.8) is 0 Å². The minimum absolute atomic E-state index is 0.0718. The summed E-state index contributed by atoms with van der Waals surface area (Å²) >= 11 is 0. The highest BCUT2D eigenvalue weighted by Gasteiger charge is 2.12. The van der Waals surface area contributed by atoms with E-state index in [0.717, 1.165) is 0 Å². The third kappa shape index (κ3) is 3.68. The van der Waals surface area contributed by atoms with Crippen LogP contribution in [0.4, 0.5) is 10.1 Å². The summed E-state index contributed by atoms with van der Waals surface area (Å²) in [5, 5.41) is 16.2. The molecule has 1 rings (SSSR count). The second-order valence-electron chi connectivity index (χ2n) is 3.78. The number of hydrogen-bond donors (Lipinski definition) is 3. The first kappa shape index (κ1) is 14.4. The Balaban J connectivity index is 2.93. The van der Waals surface area contributed by atoms with Crippen LogP contribution in [0.1, 0.15) is 5.56 Å². The largest absolute Gasteiger partial charge is 0.395 e. The number of methoxy groups -OCH3 is 1. The topological polar surface area (TPSA) is 82.6 Å². The van der Waals surface area contributed by atoms with E-state index in [2.05, 4.69) is 0 Å². The molecule has 0 aromatic heterocycles. The highest BCUT2D eigenvalue weighted by molar-refractivity contribution is 5.95. The fourth-order valence-corrected chi connectivity index (χ4v) is 1.61. The number of amidine groups is 1. The maximum atomic E-state index is 13.9. The van der Waals surface area contributed by atoms with Gasteiger partial charge >= 0.3 is 0 Å². The quantitative estimate of drug-likeness (QED) is 0.491. The van der Waals surface area contributed by atoms with Crippen LogP contribution in [0.5, 0.6) is 0 Å². The number of nitrogens with two attached hydrogens (primary N) is 1. The molecular formula is C12H18FN3O2. The van der Waals surface area contributed by atoms with Crippen molar-refractivity contribution in [2.24, 2.45) is 5.73 Å². The van der Waals surface area contributed by atoms with Crippen LogP contribution >= 0.6 is 0 Å². The SMILES string of the molecule is COCCN(CCO)c1ccc(C(=N)N)cc1F. The van der Waals surface area contributed by atoms with Crippen molar-refractivity contribution in [3.05, 3.63) is 29.6 Å². The Bertz CT molecular complexity index is 412. The van der Waals surface area contributed by atoms with E-state index in [0.29, 0.717) is 30.9 Å². The standard InChI is InChI=1S/C12H18FN3O2/c1-18-7-5-16(4-6-17)11-3-2-9(12(14)15)8-10(11)13/h2-3,8,17H,4-7H2,1H3,(H3,14,15). The summed E-state index contributed by atoms with van der Waals surface area (Å²) in [7, 11) is 1.56. The predicted molar refractivity (Wildman–Crippen MR) is 68.6 cm³/mol. The third-order valence-electron chi connectivity index (χ3n) is 2.53. The first-order valence-corrected chi connectivity index (χ1v) is 5.58. The van der Waals surface area contributed by atoms with Crippen molar-refractivity contribution in [3.8, 4) is 0 Å². The Labute approximate surface area is 105 Å². The monoisotopic (exact) mass is 255 g/mol. The number of anilines is 1. The summed E-state index contributed by atoms with van der Waals surface area (Å²) in [6.07, 6.45) is 0. The second kappa shape index (κ2) is 6.93. The molecule has 0 atom stereocenters. The minimum Gasteiger partial charge on any atom is -0.395 e. The van der Waals surface area contributed by atoms with Crippen LogP contribution in [-0.2, 0) is 4.74 Å².